The van der Waals surface area contributed by atoms with Crippen LogP contribution < -0.4 is 10.6 Å². The second-order valence-corrected chi connectivity index (χ2v) is 5.22. The lowest BCUT2D eigenvalue weighted by Gasteiger charge is -2.04. The van der Waals surface area contributed by atoms with E-state index in [1.807, 2.05) is 6.92 Å². The molecule has 2 amide bonds. The van der Waals surface area contributed by atoms with Crippen molar-refractivity contribution in [2.24, 2.45) is 0 Å². The van der Waals surface area contributed by atoms with Gasteiger partial charge in [0.25, 0.3) is 5.91 Å². The minimum atomic E-state index is -0.219. The molecule has 5 nitrogen and oxygen atoms in total. The summed E-state index contributed by atoms with van der Waals surface area (Å²) in [6, 6.07) is 6.68. The molecule has 0 aliphatic carbocycles. The van der Waals surface area contributed by atoms with Crippen LogP contribution in [0.1, 0.15) is 22.2 Å². The van der Waals surface area contributed by atoms with E-state index in [-0.39, 0.29) is 11.8 Å². The number of carbonyl (C=O) groups is 2. The zero-order valence-electron chi connectivity index (χ0n) is 10.6. The summed E-state index contributed by atoms with van der Waals surface area (Å²) in [4.78, 5) is 27.9. The van der Waals surface area contributed by atoms with Crippen molar-refractivity contribution in [3.63, 3.8) is 0 Å². The number of rotatable bonds is 3. The molecule has 0 radical (unpaired) electrons. The third kappa shape index (κ3) is 3.62. The number of anilines is 2. The molecule has 0 aliphatic rings. The SMILES string of the molecule is CC(=O)Nc1ccc(C(=O)Nc2ncc(C)s2)cc1. The lowest BCUT2D eigenvalue weighted by atomic mass is 10.2. The molecule has 0 saturated carbocycles. The van der Waals surface area contributed by atoms with Crippen LogP contribution in [0.25, 0.3) is 0 Å². The zero-order chi connectivity index (χ0) is 13.8. The molecule has 1 aromatic heterocycles. The van der Waals surface area contributed by atoms with Crippen LogP contribution >= 0.6 is 11.3 Å². The second kappa shape index (κ2) is 5.62. The van der Waals surface area contributed by atoms with Crippen LogP contribution in [0.5, 0.6) is 0 Å². The van der Waals surface area contributed by atoms with Crippen molar-refractivity contribution in [2.45, 2.75) is 13.8 Å². The smallest absolute Gasteiger partial charge is 0.257 e. The molecule has 1 heterocycles. The van der Waals surface area contributed by atoms with Crippen LogP contribution in [0.2, 0.25) is 0 Å². The molecule has 0 saturated heterocycles. The molecule has 2 aromatic rings. The van der Waals surface area contributed by atoms with Gasteiger partial charge >= 0.3 is 0 Å². The highest BCUT2D eigenvalue weighted by atomic mass is 32.1. The van der Waals surface area contributed by atoms with Gasteiger partial charge in [0.15, 0.2) is 5.13 Å². The van der Waals surface area contributed by atoms with Gasteiger partial charge in [0.05, 0.1) is 0 Å². The minimum Gasteiger partial charge on any atom is -0.326 e. The summed E-state index contributed by atoms with van der Waals surface area (Å²) >= 11 is 1.42. The maximum absolute atomic E-state index is 11.9. The van der Waals surface area contributed by atoms with Crippen molar-refractivity contribution in [2.75, 3.05) is 10.6 Å². The van der Waals surface area contributed by atoms with Crippen LogP contribution in [0.4, 0.5) is 10.8 Å². The van der Waals surface area contributed by atoms with Gasteiger partial charge in [-0.15, -0.1) is 11.3 Å². The average molecular weight is 275 g/mol. The summed E-state index contributed by atoms with van der Waals surface area (Å²) in [6.07, 6.45) is 1.71. The molecule has 6 heteroatoms. The normalized spacial score (nSPS) is 10.0. The van der Waals surface area contributed by atoms with E-state index in [0.29, 0.717) is 16.4 Å². The molecule has 2 rings (SSSR count). The zero-order valence-corrected chi connectivity index (χ0v) is 11.4. The first-order valence-corrected chi connectivity index (χ1v) is 6.47. The maximum atomic E-state index is 11.9. The molecule has 19 heavy (non-hydrogen) atoms. The lowest BCUT2D eigenvalue weighted by Crippen LogP contribution is -2.12. The molecule has 2 N–H and O–H groups in total. The van der Waals surface area contributed by atoms with Crippen LogP contribution in [0.15, 0.2) is 30.5 Å². The number of thiazole rings is 1. The summed E-state index contributed by atoms with van der Waals surface area (Å²) in [7, 11) is 0. The first kappa shape index (κ1) is 13.2. The number of hydrogen-bond donors (Lipinski definition) is 2. The predicted octanol–water partition coefficient (Wildman–Crippen LogP) is 2.66. The van der Waals surface area contributed by atoms with Gasteiger partial charge in [-0.2, -0.15) is 0 Å². The van der Waals surface area contributed by atoms with Crippen molar-refractivity contribution < 1.29 is 9.59 Å². The number of hydrogen-bond acceptors (Lipinski definition) is 4. The topological polar surface area (TPSA) is 71.1 Å². The number of nitrogens with one attached hydrogen (secondary N) is 2. The Bertz CT molecular complexity index is 605. The quantitative estimate of drug-likeness (QED) is 0.904. The Labute approximate surface area is 114 Å². The van der Waals surface area contributed by atoms with E-state index in [0.717, 1.165) is 4.88 Å². The van der Waals surface area contributed by atoms with Crippen molar-refractivity contribution in [1.29, 1.82) is 0 Å². The van der Waals surface area contributed by atoms with Gasteiger partial charge in [0, 0.05) is 29.2 Å². The van der Waals surface area contributed by atoms with E-state index >= 15 is 0 Å². The number of amides is 2. The molecular formula is C13H13N3O2S. The van der Waals surface area contributed by atoms with Gasteiger partial charge in [0.2, 0.25) is 5.91 Å². The number of carbonyl (C=O) groups excluding carboxylic acids is 2. The molecule has 0 unspecified atom stereocenters. The van der Waals surface area contributed by atoms with Crippen LogP contribution in [0, 0.1) is 6.92 Å². The summed E-state index contributed by atoms with van der Waals surface area (Å²) in [6.45, 7) is 3.36. The van der Waals surface area contributed by atoms with Gasteiger partial charge in [-0.1, -0.05) is 0 Å². The van der Waals surface area contributed by atoms with E-state index in [1.54, 1.807) is 30.5 Å². The Morgan fingerprint density at radius 2 is 1.84 bits per heavy atom. The molecule has 1 aromatic carbocycles. The monoisotopic (exact) mass is 275 g/mol. The Kier molecular flexibility index (Phi) is 3.91. The predicted molar refractivity (Wildman–Crippen MR) is 75.5 cm³/mol. The van der Waals surface area contributed by atoms with Gasteiger partial charge in [-0.25, -0.2) is 4.98 Å². The average Bonchev–Trinajstić information content (AvgIpc) is 2.75. The maximum Gasteiger partial charge on any atom is 0.257 e. The fraction of sp³-hybridized carbons (Fsp3) is 0.154. The Morgan fingerprint density at radius 3 is 2.37 bits per heavy atom. The van der Waals surface area contributed by atoms with Crippen molar-refractivity contribution in [1.82, 2.24) is 4.98 Å². The highest BCUT2D eigenvalue weighted by Crippen LogP contribution is 2.18. The largest absolute Gasteiger partial charge is 0.326 e. The Hall–Kier alpha value is -2.21. The van der Waals surface area contributed by atoms with Gasteiger partial charge in [-0.3, -0.25) is 14.9 Å². The van der Waals surface area contributed by atoms with E-state index in [1.165, 1.54) is 18.3 Å². The van der Waals surface area contributed by atoms with E-state index in [2.05, 4.69) is 15.6 Å². The van der Waals surface area contributed by atoms with E-state index < -0.39 is 0 Å². The number of nitrogens with zero attached hydrogens (tertiary/aromatic N) is 1. The van der Waals surface area contributed by atoms with Crippen LogP contribution in [-0.4, -0.2) is 16.8 Å². The summed E-state index contributed by atoms with van der Waals surface area (Å²) in [5.41, 5.74) is 1.18. The van der Waals surface area contributed by atoms with Crippen molar-refractivity contribution >= 4 is 34.0 Å². The fourth-order valence-electron chi connectivity index (χ4n) is 1.49. The minimum absolute atomic E-state index is 0.143. The van der Waals surface area contributed by atoms with Gasteiger partial charge in [0.1, 0.15) is 0 Å². The van der Waals surface area contributed by atoms with E-state index in [4.69, 9.17) is 0 Å². The number of aromatic nitrogens is 1. The number of benzene rings is 1. The molecule has 0 atom stereocenters. The molecule has 0 fully saturated rings. The first-order valence-electron chi connectivity index (χ1n) is 5.66. The third-order valence-electron chi connectivity index (χ3n) is 2.31. The lowest BCUT2D eigenvalue weighted by molar-refractivity contribution is -0.114. The molecule has 0 spiro atoms. The van der Waals surface area contributed by atoms with Crippen molar-refractivity contribution in [3.8, 4) is 0 Å². The molecular weight excluding hydrogens is 262 g/mol. The number of aryl methyl sites for hydroxylation is 1. The molecule has 0 aliphatic heterocycles. The highest BCUT2D eigenvalue weighted by molar-refractivity contribution is 7.15. The van der Waals surface area contributed by atoms with E-state index in [9.17, 15) is 9.59 Å². The third-order valence-corrected chi connectivity index (χ3v) is 3.14. The van der Waals surface area contributed by atoms with Crippen molar-refractivity contribution in [3.05, 3.63) is 40.9 Å². The molecule has 98 valence electrons. The van der Waals surface area contributed by atoms with Gasteiger partial charge in [-0.05, 0) is 31.2 Å². The van der Waals surface area contributed by atoms with Gasteiger partial charge < -0.3 is 5.32 Å². The summed E-state index contributed by atoms with van der Waals surface area (Å²) in [5, 5.41) is 5.94. The Balaban J connectivity index is 2.05. The Morgan fingerprint density at radius 1 is 1.16 bits per heavy atom. The standard InChI is InChI=1S/C13H13N3O2S/c1-8-7-14-13(19-8)16-12(18)10-3-5-11(6-4-10)15-9(2)17/h3-7H,1-2H3,(H,15,17)(H,14,16,18). The summed E-state index contributed by atoms with van der Waals surface area (Å²) < 4.78 is 0. The second-order valence-electron chi connectivity index (χ2n) is 3.99. The highest BCUT2D eigenvalue weighted by Gasteiger charge is 2.08. The van der Waals surface area contributed by atoms with Crippen LogP contribution in [-0.2, 0) is 4.79 Å². The van der Waals surface area contributed by atoms with Crippen LogP contribution in [0.3, 0.4) is 0 Å². The fourth-order valence-corrected chi connectivity index (χ4v) is 2.15. The molecule has 0 bridgehead atoms. The first-order chi connectivity index (χ1) is 9.04. The summed E-state index contributed by atoms with van der Waals surface area (Å²) in [5.74, 6) is -0.362.